The summed E-state index contributed by atoms with van der Waals surface area (Å²) in [6.07, 6.45) is -3.31. The number of carbonyl (C=O) groups excluding carboxylic acids is 2. The summed E-state index contributed by atoms with van der Waals surface area (Å²) < 4.78 is 54.6. The van der Waals surface area contributed by atoms with Crippen LogP contribution in [0.15, 0.2) is 65.8 Å². The van der Waals surface area contributed by atoms with Gasteiger partial charge in [-0.15, -0.1) is 13.2 Å². The van der Waals surface area contributed by atoms with Crippen LogP contribution in [0.3, 0.4) is 0 Å². The van der Waals surface area contributed by atoms with E-state index in [1.807, 2.05) is 0 Å². The fraction of sp³-hybridized carbons (Fsp3) is 0.405. The first kappa shape index (κ1) is 36.0. The molecule has 1 N–H and O–H groups in total. The van der Waals surface area contributed by atoms with E-state index in [0.717, 1.165) is 18.4 Å². The summed E-state index contributed by atoms with van der Waals surface area (Å²) in [6.45, 7) is 10.3. The van der Waals surface area contributed by atoms with Crippen LogP contribution in [0, 0.1) is 11.3 Å². The number of alkyl halides is 3. The van der Waals surface area contributed by atoms with E-state index in [9.17, 15) is 28.0 Å². The maximum Gasteiger partial charge on any atom is 0.573 e. The number of fused-ring (bicyclic) bond motifs is 2. The molecule has 1 unspecified atom stereocenters. The predicted molar refractivity (Wildman–Crippen MR) is 180 cm³/mol. The zero-order chi connectivity index (χ0) is 36.6. The first-order chi connectivity index (χ1) is 23.3. The molecule has 50 heavy (non-hydrogen) atoms. The van der Waals surface area contributed by atoms with Crippen LogP contribution in [0.4, 0.5) is 24.5 Å². The van der Waals surface area contributed by atoms with Crippen LogP contribution in [-0.4, -0.2) is 48.8 Å². The normalized spacial score (nSPS) is 15.9. The van der Waals surface area contributed by atoms with Crippen molar-refractivity contribution in [1.29, 1.82) is 5.26 Å². The number of amides is 1. The molecule has 1 aliphatic heterocycles. The highest BCUT2D eigenvalue weighted by atomic mass is 19.4. The third kappa shape index (κ3) is 8.13. The van der Waals surface area contributed by atoms with Gasteiger partial charge in [0.2, 0.25) is 5.60 Å². The number of hydrogen-bond donors (Lipinski definition) is 1. The average Bonchev–Trinajstić information content (AvgIpc) is 3.76. The van der Waals surface area contributed by atoms with Crippen molar-refractivity contribution in [1.82, 2.24) is 0 Å². The summed E-state index contributed by atoms with van der Waals surface area (Å²) in [5.74, 6) is -0.999. The van der Waals surface area contributed by atoms with Crippen LogP contribution in [-0.2, 0) is 24.6 Å². The van der Waals surface area contributed by atoms with E-state index in [1.54, 1.807) is 90.1 Å². The Morgan fingerprint density at radius 1 is 0.980 bits per heavy atom. The van der Waals surface area contributed by atoms with E-state index in [2.05, 4.69) is 21.3 Å². The van der Waals surface area contributed by atoms with Gasteiger partial charge in [0, 0.05) is 35.3 Å². The number of oxime groups is 1. The van der Waals surface area contributed by atoms with Crippen LogP contribution in [0.1, 0.15) is 82.7 Å². The number of hydrogen-bond acceptors (Lipinski definition) is 9. The predicted octanol–water partition coefficient (Wildman–Crippen LogP) is 7.56. The van der Waals surface area contributed by atoms with E-state index in [-0.39, 0.29) is 5.41 Å². The van der Waals surface area contributed by atoms with Crippen LogP contribution < -0.4 is 19.7 Å². The van der Waals surface area contributed by atoms with Crippen LogP contribution in [0.2, 0.25) is 0 Å². The number of anilines is 2. The molecule has 5 rings (SSSR count). The molecule has 3 aromatic rings. The van der Waals surface area contributed by atoms with Gasteiger partial charge in [-0.05, 0) is 95.8 Å². The molecule has 2 aliphatic rings. The summed E-state index contributed by atoms with van der Waals surface area (Å²) in [7, 11) is 1.48. The van der Waals surface area contributed by atoms with Crippen LogP contribution >= 0.6 is 0 Å². The first-order valence-electron chi connectivity index (χ1n) is 16.0. The lowest BCUT2D eigenvalue weighted by atomic mass is 9.99. The summed E-state index contributed by atoms with van der Waals surface area (Å²) in [6, 6.07) is 16.8. The Balaban J connectivity index is 1.49. The highest BCUT2D eigenvalue weighted by Gasteiger charge is 2.54. The molecule has 13 heteroatoms. The van der Waals surface area contributed by atoms with Crippen molar-refractivity contribution in [2.24, 2.45) is 5.16 Å². The van der Waals surface area contributed by atoms with Gasteiger partial charge in [-0.2, -0.15) is 5.26 Å². The van der Waals surface area contributed by atoms with Gasteiger partial charge in [0.25, 0.3) is 5.91 Å². The zero-order valence-corrected chi connectivity index (χ0v) is 28.9. The smallest absolute Gasteiger partial charge is 0.497 e. The minimum atomic E-state index is -4.90. The molecule has 264 valence electrons. The maximum atomic E-state index is 14.5. The van der Waals surface area contributed by atoms with Crippen molar-refractivity contribution in [3.8, 4) is 17.6 Å². The van der Waals surface area contributed by atoms with Gasteiger partial charge in [0.1, 0.15) is 23.1 Å². The van der Waals surface area contributed by atoms with Gasteiger partial charge in [0.05, 0.1) is 30.1 Å². The lowest BCUT2D eigenvalue weighted by Crippen LogP contribution is -2.40. The molecule has 1 heterocycles. The van der Waals surface area contributed by atoms with Gasteiger partial charge >= 0.3 is 12.3 Å². The lowest BCUT2D eigenvalue weighted by molar-refractivity contribution is -0.274. The third-order valence-electron chi connectivity index (χ3n) is 8.44. The molecule has 1 atom stereocenters. The van der Waals surface area contributed by atoms with E-state index in [0.29, 0.717) is 46.1 Å². The Kier molecular flexibility index (Phi) is 9.53. The Morgan fingerprint density at radius 2 is 1.66 bits per heavy atom. The molecule has 1 fully saturated rings. The summed E-state index contributed by atoms with van der Waals surface area (Å²) >= 11 is 0. The third-order valence-corrected chi connectivity index (χ3v) is 8.44. The molecule has 1 aliphatic carbocycles. The van der Waals surface area contributed by atoms with E-state index in [1.165, 1.54) is 24.1 Å². The number of nitriles is 1. The Labute approximate surface area is 288 Å². The van der Waals surface area contributed by atoms with E-state index < -0.39 is 41.2 Å². The van der Waals surface area contributed by atoms with Crippen molar-refractivity contribution >= 4 is 29.0 Å². The molecule has 0 bridgehead atoms. The summed E-state index contributed by atoms with van der Waals surface area (Å²) in [5.41, 5.74) is 1.02. The van der Waals surface area contributed by atoms with Crippen molar-refractivity contribution < 1.29 is 41.8 Å². The molecule has 0 saturated heterocycles. The molecule has 1 spiro atoms. The van der Waals surface area contributed by atoms with Crippen LogP contribution in [0.25, 0.3) is 0 Å². The molecule has 10 nitrogen and oxygen atoms in total. The Morgan fingerprint density at radius 3 is 2.24 bits per heavy atom. The van der Waals surface area contributed by atoms with Crippen LogP contribution in [0.5, 0.6) is 11.5 Å². The van der Waals surface area contributed by atoms with Gasteiger partial charge < -0.3 is 29.3 Å². The minimum Gasteiger partial charge on any atom is -0.497 e. The quantitative estimate of drug-likeness (QED) is 0.131. The number of benzene rings is 3. The first-order valence-corrected chi connectivity index (χ1v) is 16.0. The number of halogens is 3. The number of esters is 1. The molecule has 0 aromatic heterocycles. The zero-order valence-electron chi connectivity index (χ0n) is 28.9. The van der Waals surface area contributed by atoms with Crippen molar-refractivity contribution in [2.75, 3.05) is 23.9 Å². The van der Waals surface area contributed by atoms with Gasteiger partial charge in [-0.1, -0.05) is 23.4 Å². The number of ether oxygens (including phenoxy) is 3. The number of nitrogens with one attached hydrogen (secondary N) is 1. The highest BCUT2D eigenvalue weighted by Crippen LogP contribution is 2.57. The summed E-state index contributed by atoms with van der Waals surface area (Å²) in [5, 5.41) is 16.9. The molecular weight excluding hydrogens is 653 g/mol. The summed E-state index contributed by atoms with van der Waals surface area (Å²) in [4.78, 5) is 34.4. The number of carbonyl (C=O) groups is 2. The standard InChI is InChI=1S/C37H39F3N4O6/c1-22(43-50-35(5,6)33(46)49-34(2,3)4)25-16-26(18-28(17-25)47-7)42-31(24-10-8-23(20-41)9-11-24)32(45)44-21-36(14-15-36)29-13-12-27(19-30(29)44)48-37(38,39)40/h8-13,16-19,31,42H,14-15,21H2,1-7H3. The lowest BCUT2D eigenvalue weighted by Gasteiger charge is -2.27. The molecule has 1 amide bonds. The molecular formula is C37H39F3N4O6. The molecule has 3 aromatic carbocycles. The average molecular weight is 693 g/mol. The van der Waals surface area contributed by atoms with Gasteiger partial charge in [0.15, 0.2) is 0 Å². The maximum absolute atomic E-state index is 14.5. The Bertz CT molecular complexity index is 1850. The number of nitrogens with zero attached hydrogens (tertiary/aromatic N) is 3. The second kappa shape index (κ2) is 13.2. The van der Waals surface area contributed by atoms with Gasteiger partial charge in [-0.25, -0.2) is 4.79 Å². The minimum absolute atomic E-state index is 0.297. The largest absolute Gasteiger partial charge is 0.573 e. The van der Waals surface area contributed by atoms with Crippen molar-refractivity contribution in [2.45, 2.75) is 83.4 Å². The van der Waals surface area contributed by atoms with Crippen molar-refractivity contribution in [3.05, 3.63) is 82.9 Å². The topological polar surface area (TPSA) is 122 Å². The highest BCUT2D eigenvalue weighted by molar-refractivity contribution is 6.03. The van der Waals surface area contributed by atoms with Crippen molar-refractivity contribution in [3.63, 3.8) is 0 Å². The fourth-order valence-corrected chi connectivity index (χ4v) is 5.67. The Hall–Kier alpha value is -5.25. The number of rotatable bonds is 10. The molecule has 1 saturated carbocycles. The second-order valence-electron chi connectivity index (χ2n) is 14.0. The van der Waals surface area contributed by atoms with E-state index >= 15 is 0 Å². The fourth-order valence-electron chi connectivity index (χ4n) is 5.67. The number of methoxy groups -OCH3 is 1. The second-order valence-corrected chi connectivity index (χ2v) is 14.0. The van der Waals surface area contributed by atoms with Gasteiger partial charge in [-0.3, -0.25) is 4.79 Å². The van der Waals surface area contributed by atoms with E-state index in [4.69, 9.17) is 14.3 Å². The monoisotopic (exact) mass is 692 g/mol. The SMILES string of the molecule is COc1cc(NC(C(=O)N2CC3(CC3)c3ccc(OC(F)(F)F)cc32)c2ccc(C#N)cc2)cc(C(C)=NOC(C)(C)C(=O)OC(C)(C)C)c1. The molecule has 0 radical (unpaired) electrons.